The second-order valence-corrected chi connectivity index (χ2v) is 6.24. The third kappa shape index (κ3) is 7.35. The Balaban J connectivity index is 2.36. The standard InChI is InChI=1S/C18H28N2O4/c1-4-5-6-7-8-13-19-17(23)20-14-9-11-15(12-10-14)24-18(2,3)16(21)22/h9-12H,4-8,13H2,1-3H3,(H,21,22)(H2,19,20,23). The van der Waals surface area contributed by atoms with E-state index in [2.05, 4.69) is 17.6 Å². The number of hydrogen-bond donors (Lipinski definition) is 3. The lowest BCUT2D eigenvalue weighted by Gasteiger charge is -2.21. The van der Waals surface area contributed by atoms with Gasteiger partial charge in [-0.05, 0) is 44.5 Å². The minimum absolute atomic E-state index is 0.245. The van der Waals surface area contributed by atoms with E-state index in [1.165, 1.54) is 33.1 Å². The van der Waals surface area contributed by atoms with Gasteiger partial charge in [-0.15, -0.1) is 0 Å². The summed E-state index contributed by atoms with van der Waals surface area (Å²) in [5.74, 6) is -0.604. The summed E-state index contributed by atoms with van der Waals surface area (Å²) in [6, 6.07) is 6.36. The van der Waals surface area contributed by atoms with E-state index in [9.17, 15) is 9.59 Å². The van der Waals surface area contributed by atoms with Crippen molar-refractivity contribution in [1.82, 2.24) is 5.32 Å². The Bertz CT molecular complexity index is 526. The zero-order valence-electron chi connectivity index (χ0n) is 14.7. The van der Waals surface area contributed by atoms with Crippen LogP contribution >= 0.6 is 0 Å². The van der Waals surface area contributed by atoms with Gasteiger partial charge in [-0.3, -0.25) is 0 Å². The van der Waals surface area contributed by atoms with Gasteiger partial charge >= 0.3 is 12.0 Å². The summed E-state index contributed by atoms with van der Waals surface area (Å²) in [4.78, 5) is 22.8. The van der Waals surface area contributed by atoms with Crippen molar-refractivity contribution in [2.75, 3.05) is 11.9 Å². The van der Waals surface area contributed by atoms with Crippen LogP contribution < -0.4 is 15.4 Å². The number of urea groups is 1. The molecule has 0 radical (unpaired) electrons. The fraction of sp³-hybridized carbons (Fsp3) is 0.556. The Morgan fingerprint density at radius 1 is 1.08 bits per heavy atom. The predicted molar refractivity (Wildman–Crippen MR) is 94.6 cm³/mol. The van der Waals surface area contributed by atoms with Crippen molar-refractivity contribution in [1.29, 1.82) is 0 Å². The van der Waals surface area contributed by atoms with Crippen molar-refractivity contribution in [3.63, 3.8) is 0 Å². The van der Waals surface area contributed by atoms with Gasteiger partial charge in [-0.2, -0.15) is 0 Å². The summed E-state index contributed by atoms with van der Waals surface area (Å²) in [6.07, 6.45) is 5.74. The van der Waals surface area contributed by atoms with Crippen LogP contribution in [0.5, 0.6) is 5.75 Å². The van der Waals surface area contributed by atoms with Gasteiger partial charge in [0.15, 0.2) is 5.60 Å². The number of carboxylic acids is 1. The summed E-state index contributed by atoms with van der Waals surface area (Å²) in [5.41, 5.74) is -0.677. The first-order valence-electron chi connectivity index (χ1n) is 8.42. The number of nitrogens with one attached hydrogen (secondary N) is 2. The average Bonchev–Trinajstić information content (AvgIpc) is 2.52. The van der Waals surface area contributed by atoms with Crippen LogP contribution in [0, 0.1) is 0 Å². The summed E-state index contributed by atoms with van der Waals surface area (Å²) in [6.45, 7) is 5.79. The Morgan fingerprint density at radius 3 is 2.29 bits per heavy atom. The molecule has 0 saturated heterocycles. The maximum Gasteiger partial charge on any atom is 0.347 e. The highest BCUT2D eigenvalue weighted by molar-refractivity contribution is 5.89. The van der Waals surface area contributed by atoms with E-state index in [4.69, 9.17) is 9.84 Å². The van der Waals surface area contributed by atoms with Crippen molar-refractivity contribution in [3.8, 4) is 5.75 Å². The molecule has 0 heterocycles. The van der Waals surface area contributed by atoms with E-state index < -0.39 is 11.6 Å². The normalized spacial score (nSPS) is 11.0. The van der Waals surface area contributed by atoms with Gasteiger partial charge in [0.25, 0.3) is 0 Å². The fourth-order valence-corrected chi connectivity index (χ4v) is 2.05. The number of hydrogen-bond acceptors (Lipinski definition) is 3. The number of amides is 2. The minimum Gasteiger partial charge on any atom is -0.478 e. The quantitative estimate of drug-likeness (QED) is 0.563. The van der Waals surface area contributed by atoms with Gasteiger partial charge < -0.3 is 20.5 Å². The molecule has 24 heavy (non-hydrogen) atoms. The second kappa shape index (κ2) is 9.80. The van der Waals surface area contributed by atoms with Gasteiger partial charge in [0.05, 0.1) is 0 Å². The first kappa shape index (κ1) is 19.8. The first-order valence-corrected chi connectivity index (χ1v) is 8.42. The summed E-state index contributed by atoms with van der Waals surface area (Å²) >= 11 is 0. The van der Waals surface area contributed by atoms with E-state index >= 15 is 0 Å². The maximum atomic E-state index is 11.8. The van der Waals surface area contributed by atoms with Crippen LogP contribution in [-0.4, -0.2) is 29.3 Å². The zero-order valence-corrected chi connectivity index (χ0v) is 14.7. The minimum atomic E-state index is -1.30. The Kier molecular flexibility index (Phi) is 8.09. The monoisotopic (exact) mass is 336 g/mol. The second-order valence-electron chi connectivity index (χ2n) is 6.24. The maximum absolute atomic E-state index is 11.8. The van der Waals surface area contributed by atoms with Crippen LogP contribution in [0.4, 0.5) is 10.5 Å². The molecular formula is C18H28N2O4. The van der Waals surface area contributed by atoms with Crippen molar-refractivity contribution in [3.05, 3.63) is 24.3 Å². The molecule has 0 aliphatic rings. The molecular weight excluding hydrogens is 308 g/mol. The topological polar surface area (TPSA) is 87.7 Å². The zero-order chi connectivity index (χ0) is 18.0. The molecule has 0 atom stereocenters. The van der Waals surface area contributed by atoms with Gasteiger partial charge in [0.1, 0.15) is 5.75 Å². The van der Waals surface area contributed by atoms with Gasteiger partial charge in [-0.25, -0.2) is 9.59 Å². The molecule has 0 saturated carbocycles. The van der Waals surface area contributed by atoms with Crippen LogP contribution in [-0.2, 0) is 4.79 Å². The van der Waals surface area contributed by atoms with Crippen LogP contribution in [0.15, 0.2) is 24.3 Å². The third-order valence-electron chi connectivity index (χ3n) is 3.57. The van der Waals surface area contributed by atoms with Crippen LogP contribution in [0.3, 0.4) is 0 Å². The van der Waals surface area contributed by atoms with Crippen molar-refractivity contribution in [2.45, 2.75) is 58.5 Å². The molecule has 3 N–H and O–H groups in total. The fourth-order valence-electron chi connectivity index (χ4n) is 2.05. The predicted octanol–water partition coefficient (Wildman–Crippen LogP) is 4.02. The lowest BCUT2D eigenvalue weighted by atomic mass is 10.1. The number of ether oxygens (including phenoxy) is 1. The third-order valence-corrected chi connectivity index (χ3v) is 3.57. The largest absolute Gasteiger partial charge is 0.478 e. The first-order chi connectivity index (χ1) is 11.3. The number of benzene rings is 1. The number of aliphatic carboxylic acids is 1. The highest BCUT2D eigenvalue weighted by Crippen LogP contribution is 2.21. The average molecular weight is 336 g/mol. The van der Waals surface area contributed by atoms with E-state index in [0.717, 1.165) is 12.8 Å². The molecule has 0 aliphatic heterocycles. The lowest BCUT2D eigenvalue weighted by molar-refractivity contribution is -0.152. The van der Waals surface area contributed by atoms with Gasteiger partial charge in [-0.1, -0.05) is 32.6 Å². The van der Waals surface area contributed by atoms with Crippen molar-refractivity contribution in [2.24, 2.45) is 0 Å². The van der Waals surface area contributed by atoms with E-state index in [1.807, 2.05) is 0 Å². The molecule has 0 unspecified atom stereocenters. The molecule has 6 nitrogen and oxygen atoms in total. The molecule has 6 heteroatoms. The molecule has 2 amide bonds. The van der Waals surface area contributed by atoms with E-state index in [0.29, 0.717) is 18.0 Å². The number of unbranched alkanes of at least 4 members (excludes halogenated alkanes) is 4. The molecule has 1 aromatic rings. The molecule has 1 aromatic carbocycles. The summed E-state index contributed by atoms with van der Waals surface area (Å²) in [5, 5.41) is 14.6. The Morgan fingerprint density at radius 2 is 1.71 bits per heavy atom. The number of carbonyl (C=O) groups is 2. The van der Waals surface area contributed by atoms with Crippen LogP contribution in [0.2, 0.25) is 0 Å². The molecule has 1 rings (SSSR count). The Labute approximate surface area is 143 Å². The van der Waals surface area contributed by atoms with Crippen LogP contribution in [0.1, 0.15) is 52.9 Å². The molecule has 0 aliphatic carbocycles. The van der Waals surface area contributed by atoms with Crippen molar-refractivity contribution < 1.29 is 19.4 Å². The Hall–Kier alpha value is -2.24. The lowest BCUT2D eigenvalue weighted by Crippen LogP contribution is -2.37. The number of carbonyl (C=O) groups excluding carboxylic acids is 1. The molecule has 0 fully saturated rings. The number of rotatable bonds is 10. The highest BCUT2D eigenvalue weighted by Gasteiger charge is 2.29. The van der Waals surface area contributed by atoms with Gasteiger partial charge in [0.2, 0.25) is 0 Å². The van der Waals surface area contributed by atoms with E-state index in [1.54, 1.807) is 24.3 Å². The summed E-state index contributed by atoms with van der Waals surface area (Å²) in [7, 11) is 0. The number of anilines is 1. The summed E-state index contributed by atoms with van der Waals surface area (Å²) < 4.78 is 5.41. The SMILES string of the molecule is CCCCCCCNC(=O)Nc1ccc(OC(C)(C)C(=O)O)cc1. The molecule has 0 spiro atoms. The number of carboxylic acid groups (broad SMARTS) is 1. The van der Waals surface area contributed by atoms with Crippen molar-refractivity contribution >= 4 is 17.7 Å². The van der Waals surface area contributed by atoms with E-state index in [-0.39, 0.29) is 6.03 Å². The molecule has 0 aromatic heterocycles. The molecule has 0 bridgehead atoms. The molecule has 134 valence electrons. The van der Waals surface area contributed by atoms with Gasteiger partial charge in [0, 0.05) is 12.2 Å². The highest BCUT2D eigenvalue weighted by atomic mass is 16.5. The smallest absolute Gasteiger partial charge is 0.347 e. The van der Waals surface area contributed by atoms with Crippen LogP contribution in [0.25, 0.3) is 0 Å².